The van der Waals surface area contributed by atoms with Crippen LogP contribution in [-0.2, 0) is 6.18 Å². The fourth-order valence-corrected chi connectivity index (χ4v) is 2.01. The Kier molecular flexibility index (Phi) is 6.45. The molecule has 1 rings (SSSR count). The van der Waals surface area contributed by atoms with Crippen LogP contribution in [0, 0.1) is 5.82 Å². The summed E-state index contributed by atoms with van der Waals surface area (Å²) in [6, 6.07) is 2.27. The van der Waals surface area contributed by atoms with Crippen LogP contribution in [0.25, 0.3) is 0 Å². The minimum absolute atomic E-state index is 0.177. The average Bonchev–Trinajstić information content (AvgIpc) is 2.42. The number of rotatable bonds is 6. The molecule has 1 aromatic carbocycles. The number of benzene rings is 1. The fourth-order valence-electron chi connectivity index (χ4n) is 1.82. The number of hydrogen-bond donors (Lipinski definition) is 0. The van der Waals surface area contributed by atoms with Crippen molar-refractivity contribution in [3.8, 4) is 0 Å². The van der Waals surface area contributed by atoms with Gasteiger partial charge in [0.15, 0.2) is 0 Å². The number of alkyl halides is 4. The van der Waals surface area contributed by atoms with Gasteiger partial charge in [-0.25, -0.2) is 4.39 Å². The summed E-state index contributed by atoms with van der Waals surface area (Å²) in [5.74, 6) is -1.42. The van der Waals surface area contributed by atoms with Gasteiger partial charge in [0.1, 0.15) is 5.82 Å². The van der Waals surface area contributed by atoms with Crippen LogP contribution in [0.2, 0.25) is 0 Å². The Morgan fingerprint density at radius 3 is 2.48 bits per heavy atom. The highest BCUT2D eigenvalue weighted by Gasteiger charge is 2.34. The third-order valence-electron chi connectivity index (χ3n) is 2.99. The van der Waals surface area contributed by atoms with Crippen molar-refractivity contribution < 1.29 is 22.4 Å². The maximum atomic E-state index is 13.2. The Morgan fingerprint density at radius 1 is 1.24 bits per heavy atom. The van der Waals surface area contributed by atoms with Crippen LogP contribution in [0.5, 0.6) is 0 Å². The molecule has 0 atom stereocenters. The number of amides is 1. The predicted molar refractivity (Wildman–Crippen MR) is 72.9 cm³/mol. The Balaban J connectivity index is 2.78. The second-order valence-corrected chi connectivity index (χ2v) is 5.05. The first-order valence-electron chi connectivity index (χ1n) is 6.45. The van der Waals surface area contributed by atoms with E-state index in [-0.39, 0.29) is 5.56 Å². The van der Waals surface area contributed by atoms with E-state index in [0.717, 1.165) is 18.9 Å². The van der Waals surface area contributed by atoms with Crippen molar-refractivity contribution >= 4 is 17.5 Å². The van der Waals surface area contributed by atoms with Gasteiger partial charge in [0.05, 0.1) is 5.56 Å². The van der Waals surface area contributed by atoms with E-state index in [4.69, 9.17) is 11.6 Å². The van der Waals surface area contributed by atoms with Gasteiger partial charge in [-0.2, -0.15) is 13.2 Å². The van der Waals surface area contributed by atoms with Crippen molar-refractivity contribution in [2.45, 2.75) is 25.4 Å². The van der Waals surface area contributed by atoms with Gasteiger partial charge in [0.25, 0.3) is 5.91 Å². The molecule has 0 aliphatic rings. The van der Waals surface area contributed by atoms with Crippen molar-refractivity contribution in [3.63, 3.8) is 0 Å². The molecular formula is C14H16ClF4NO. The fraction of sp³-hybridized carbons (Fsp3) is 0.500. The maximum Gasteiger partial charge on any atom is 0.419 e. The summed E-state index contributed by atoms with van der Waals surface area (Å²) in [4.78, 5) is 13.3. The van der Waals surface area contributed by atoms with Gasteiger partial charge in [-0.1, -0.05) is 6.42 Å². The van der Waals surface area contributed by atoms with Crippen molar-refractivity contribution in [2.24, 2.45) is 0 Å². The molecule has 0 fully saturated rings. The molecule has 118 valence electrons. The number of hydrogen-bond acceptors (Lipinski definition) is 1. The smallest absolute Gasteiger partial charge is 0.342 e. The SMILES string of the molecule is CN(CCCCCCl)C(=O)c1ccc(F)c(C(F)(F)F)c1. The minimum atomic E-state index is -4.82. The Morgan fingerprint density at radius 2 is 1.90 bits per heavy atom. The quantitative estimate of drug-likeness (QED) is 0.433. The molecule has 0 radical (unpaired) electrons. The summed E-state index contributed by atoms with van der Waals surface area (Å²) < 4.78 is 51.0. The second-order valence-electron chi connectivity index (χ2n) is 4.67. The molecule has 0 saturated carbocycles. The van der Waals surface area contributed by atoms with Crippen LogP contribution in [-0.4, -0.2) is 30.3 Å². The Bertz CT molecular complexity index is 490. The molecule has 2 nitrogen and oxygen atoms in total. The van der Waals surface area contributed by atoms with E-state index in [1.807, 2.05) is 0 Å². The lowest BCUT2D eigenvalue weighted by Gasteiger charge is -2.18. The monoisotopic (exact) mass is 325 g/mol. The van der Waals surface area contributed by atoms with E-state index in [9.17, 15) is 22.4 Å². The van der Waals surface area contributed by atoms with Gasteiger partial charge in [-0.05, 0) is 31.0 Å². The largest absolute Gasteiger partial charge is 0.419 e. The summed E-state index contributed by atoms with van der Waals surface area (Å²) >= 11 is 5.53. The molecule has 0 aromatic heterocycles. The van der Waals surface area contributed by atoms with Crippen molar-refractivity contribution in [1.29, 1.82) is 0 Å². The zero-order valence-corrected chi connectivity index (χ0v) is 12.3. The summed E-state index contributed by atoms with van der Waals surface area (Å²) in [6.07, 6.45) is -2.46. The molecule has 0 spiro atoms. The summed E-state index contributed by atoms with van der Waals surface area (Å²) in [5.41, 5.74) is -1.60. The molecule has 0 unspecified atom stereocenters. The zero-order valence-electron chi connectivity index (χ0n) is 11.5. The van der Waals surface area contributed by atoms with Crippen LogP contribution >= 0.6 is 11.6 Å². The first-order chi connectivity index (χ1) is 9.77. The highest BCUT2D eigenvalue weighted by molar-refractivity contribution is 6.17. The van der Waals surface area contributed by atoms with Gasteiger partial charge in [0, 0.05) is 25.0 Å². The van der Waals surface area contributed by atoms with Gasteiger partial charge in [-0.15, -0.1) is 11.6 Å². The summed E-state index contributed by atoms with van der Waals surface area (Å²) in [6.45, 7) is 0.411. The molecule has 0 N–H and O–H groups in total. The van der Waals surface area contributed by atoms with Crippen LogP contribution in [0.4, 0.5) is 17.6 Å². The maximum absolute atomic E-state index is 13.2. The van der Waals surface area contributed by atoms with Gasteiger partial charge >= 0.3 is 6.18 Å². The number of unbranched alkanes of at least 4 members (excludes halogenated alkanes) is 2. The Hall–Kier alpha value is -1.30. The normalized spacial score (nSPS) is 11.5. The first-order valence-corrected chi connectivity index (χ1v) is 6.99. The molecule has 0 heterocycles. The van der Waals surface area contributed by atoms with E-state index in [1.54, 1.807) is 0 Å². The second kappa shape index (κ2) is 7.64. The van der Waals surface area contributed by atoms with Gasteiger partial charge in [-0.3, -0.25) is 4.79 Å². The highest BCUT2D eigenvalue weighted by atomic mass is 35.5. The summed E-state index contributed by atoms with van der Waals surface area (Å²) in [5, 5.41) is 0. The van der Waals surface area contributed by atoms with Crippen molar-refractivity contribution in [2.75, 3.05) is 19.5 Å². The van der Waals surface area contributed by atoms with Crippen LogP contribution < -0.4 is 0 Å². The Labute approximate surface area is 125 Å². The van der Waals surface area contributed by atoms with Gasteiger partial charge in [0.2, 0.25) is 0 Å². The molecule has 0 saturated heterocycles. The molecule has 0 aliphatic heterocycles. The van der Waals surface area contributed by atoms with Gasteiger partial charge < -0.3 is 4.90 Å². The highest BCUT2D eigenvalue weighted by Crippen LogP contribution is 2.32. The van der Waals surface area contributed by atoms with Crippen LogP contribution in [0.3, 0.4) is 0 Å². The summed E-state index contributed by atoms with van der Waals surface area (Å²) in [7, 11) is 1.50. The standard InChI is InChI=1S/C14H16ClF4NO/c1-20(8-4-2-3-7-15)13(21)10-5-6-12(16)11(9-10)14(17,18)19/h5-6,9H,2-4,7-8H2,1H3. The topological polar surface area (TPSA) is 20.3 Å². The predicted octanol–water partition coefficient (Wildman–Crippen LogP) is 4.33. The van der Waals surface area contributed by atoms with E-state index < -0.39 is 23.5 Å². The van der Waals surface area contributed by atoms with Crippen molar-refractivity contribution in [3.05, 3.63) is 35.1 Å². The number of nitrogens with zero attached hydrogens (tertiary/aromatic N) is 1. The number of carbonyl (C=O) groups is 1. The van der Waals surface area contributed by atoms with E-state index in [0.29, 0.717) is 31.0 Å². The molecule has 21 heavy (non-hydrogen) atoms. The average molecular weight is 326 g/mol. The molecule has 1 aromatic rings. The third-order valence-corrected chi connectivity index (χ3v) is 3.26. The minimum Gasteiger partial charge on any atom is -0.342 e. The molecule has 1 amide bonds. The first kappa shape index (κ1) is 17.8. The lowest BCUT2D eigenvalue weighted by molar-refractivity contribution is -0.140. The molecule has 0 aliphatic carbocycles. The van der Waals surface area contributed by atoms with E-state index >= 15 is 0 Å². The van der Waals surface area contributed by atoms with Crippen molar-refractivity contribution in [1.82, 2.24) is 4.90 Å². The molecule has 7 heteroatoms. The van der Waals surface area contributed by atoms with Crippen LogP contribution in [0.1, 0.15) is 35.2 Å². The third kappa shape index (κ3) is 5.19. The number of halogens is 5. The van der Waals surface area contributed by atoms with Crippen LogP contribution in [0.15, 0.2) is 18.2 Å². The molecular weight excluding hydrogens is 310 g/mol. The van der Waals surface area contributed by atoms with E-state index in [2.05, 4.69) is 0 Å². The lowest BCUT2D eigenvalue weighted by atomic mass is 10.1. The van der Waals surface area contributed by atoms with E-state index in [1.165, 1.54) is 11.9 Å². The number of carbonyl (C=O) groups excluding carboxylic acids is 1. The lowest BCUT2D eigenvalue weighted by Crippen LogP contribution is -2.28. The zero-order chi connectivity index (χ0) is 16.0. The molecule has 0 bridgehead atoms.